The standard InChI is InChI=1S/C11H20N2O4.C2HF3O2/c1-7(2)5-11(13,9(12)14)10(15)17-8-3-4-16-6-8;3-2(4,5)1(6)7/h7-8H,3-6,13H2,1-2H3,(H2,12,14);(H,6,7)/t8-,11+;/m0./s1. The Morgan fingerprint density at radius 3 is 2.12 bits per heavy atom. The quantitative estimate of drug-likeness (QED) is 0.470. The molecule has 2 atom stereocenters. The average Bonchev–Trinajstić information content (AvgIpc) is 2.89. The van der Waals surface area contributed by atoms with Gasteiger partial charge in [-0.1, -0.05) is 13.8 Å². The highest BCUT2D eigenvalue weighted by Crippen LogP contribution is 2.19. The second-order valence-corrected chi connectivity index (χ2v) is 5.63. The van der Waals surface area contributed by atoms with Gasteiger partial charge in [0.2, 0.25) is 5.91 Å². The number of aliphatic carboxylic acids is 1. The zero-order valence-electron chi connectivity index (χ0n) is 13.3. The summed E-state index contributed by atoms with van der Waals surface area (Å²) in [4.78, 5) is 32.1. The number of primary amides is 1. The maximum Gasteiger partial charge on any atom is 0.490 e. The fraction of sp³-hybridized carbons (Fsp3) is 0.769. The van der Waals surface area contributed by atoms with Crippen LogP contribution in [0.4, 0.5) is 13.2 Å². The largest absolute Gasteiger partial charge is 0.490 e. The van der Waals surface area contributed by atoms with Crippen molar-refractivity contribution >= 4 is 17.8 Å². The number of esters is 1. The molecule has 24 heavy (non-hydrogen) atoms. The van der Waals surface area contributed by atoms with Gasteiger partial charge >= 0.3 is 18.1 Å². The molecule has 5 N–H and O–H groups in total. The van der Waals surface area contributed by atoms with Crippen molar-refractivity contribution in [2.75, 3.05) is 13.2 Å². The number of rotatable bonds is 5. The van der Waals surface area contributed by atoms with Crippen LogP contribution < -0.4 is 11.5 Å². The molecule has 8 nitrogen and oxygen atoms in total. The van der Waals surface area contributed by atoms with Crippen LogP contribution in [0.5, 0.6) is 0 Å². The van der Waals surface area contributed by atoms with E-state index in [1.807, 2.05) is 13.8 Å². The van der Waals surface area contributed by atoms with Crippen LogP contribution in [0.15, 0.2) is 0 Å². The van der Waals surface area contributed by atoms with E-state index in [0.717, 1.165) is 0 Å². The summed E-state index contributed by atoms with van der Waals surface area (Å²) >= 11 is 0. The Hall–Kier alpha value is -1.88. The molecule has 1 rings (SSSR count). The smallest absolute Gasteiger partial charge is 0.475 e. The van der Waals surface area contributed by atoms with Gasteiger partial charge in [-0.25, -0.2) is 9.59 Å². The molecule has 0 radical (unpaired) electrons. The molecule has 1 heterocycles. The van der Waals surface area contributed by atoms with Crippen molar-refractivity contribution in [3.8, 4) is 0 Å². The van der Waals surface area contributed by atoms with E-state index >= 15 is 0 Å². The van der Waals surface area contributed by atoms with Crippen LogP contribution in [0.2, 0.25) is 0 Å². The number of alkyl halides is 3. The van der Waals surface area contributed by atoms with Crippen molar-refractivity contribution in [2.45, 2.75) is 44.5 Å². The molecule has 1 aliphatic rings. The zero-order chi connectivity index (χ0) is 19.1. The van der Waals surface area contributed by atoms with Gasteiger partial charge in [-0.15, -0.1) is 0 Å². The van der Waals surface area contributed by atoms with Gasteiger partial charge in [0, 0.05) is 6.42 Å². The molecule has 0 bridgehead atoms. The number of carbonyl (C=O) groups is 3. The summed E-state index contributed by atoms with van der Waals surface area (Å²) < 4.78 is 42.0. The Morgan fingerprint density at radius 1 is 1.33 bits per heavy atom. The highest BCUT2D eigenvalue weighted by molar-refractivity contribution is 6.06. The second-order valence-electron chi connectivity index (χ2n) is 5.63. The summed E-state index contributed by atoms with van der Waals surface area (Å²) in [6.07, 6.45) is -4.60. The molecule has 0 aromatic heterocycles. The first-order chi connectivity index (χ1) is 10.8. The zero-order valence-corrected chi connectivity index (χ0v) is 13.3. The van der Waals surface area contributed by atoms with Crippen LogP contribution in [0, 0.1) is 5.92 Å². The van der Waals surface area contributed by atoms with Crippen LogP contribution in [0.3, 0.4) is 0 Å². The minimum absolute atomic E-state index is 0.0693. The van der Waals surface area contributed by atoms with Gasteiger partial charge in [-0.05, 0) is 12.3 Å². The molecule has 1 fully saturated rings. The van der Waals surface area contributed by atoms with Crippen molar-refractivity contribution < 1.29 is 42.1 Å². The van der Waals surface area contributed by atoms with E-state index in [1.54, 1.807) is 0 Å². The lowest BCUT2D eigenvalue weighted by Gasteiger charge is -2.26. The van der Waals surface area contributed by atoms with Crippen molar-refractivity contribution in [1.82, 2.24) is 0 Å². The van der Waals surface area contributed by atoms with E-state index in [1.165, 1.54) is 0 Å². The molecule has 0 unspecified atom stereocenters. The number of nitrogens with two attached hydrogens (primary N) is 2. The maximum atomic E-state index is 11.9. The number of ether oxygens (including phenoxy) is 2. The first kappa shape index (κ1) is 22.1. The fourth-order valence-electron chi connectivity index (χ4n) is 1.79. The number of carboxylic acids is 1. The average molecular weight is 358 g/mol. The lowest BCUT2D eigenvalue weighted by Crippen LogP contribution is -2.60. The molecule has 0 aliphatic carbocycles. The third-order valence-corrected chi connectivity index (χ3v) is 2.94. The topological polar surface area (TPSA) is 142 Å². The van der Waals surface area contributed by atoms with E-state index in [-0.39, 0.29) is 18.4 Å². The second kappa shape index (κ2) is 8.83. The number of halogens is 3. The Balaban J connectivity index is 0.000000640. The van der Waals surface area contributed by atoms with Gasteiger partial charge in [0.25, 0.3) is 0 Å². The van der Waals surface area contributed by atoms with Gasteiger partial charge in [0.15, 0.2) is 5.54 Å². The van der Waals surface area contributed by atoms with E-state index in [0.29, 0.717) is 19.6 Å². The van der Waals surface area contributed by atoms with E-state index in [2.05, 4.69) is 0 Å². The summed E-state index contributed by atoms with van der Waals surface area (Å²) in [5, 5.41) is 7.12. The van der Waals surface area contributed by atoms with Crippen LogP contribution in [0.25, 0.3) is 0 Å². The monoisotopic (exact) mass is 358 g/mol. The molecule has 0 saturated carbocycles. The minimum atomic E-state index is -5.08. The number of hydrogen-bond donors (Lipinski definition) is 3. The van der Waals surface area contributed by atoms with Crippen molar-refractivity contribution in [1.29, 1.82) is 0 Å². The Kier molecular flexibility index (Phi) is 8.14. The molecular weight excluding hydrogens is 337 g/mol. The number of carboxylic acid groups (broad SMARTS) is 1. The third kappa shape index (κ3) is 7.13. The lowest BCUT2D eigenvalue weighted by molar-refractivity contribution is -0.192. The highest BCUT2D eigenvalue weighted by atomic mass is 19.4. The molecule has 140 valence electrons. The summed E-state index contributed by atoms with van der Waals surface area (Å²) in [5.74, 6) is -4.29. The van der Waals surface area contributed by atoms with Crippen molar-refractivity contribution in [3.63, 3.8) is 0 Å². The third-order valence-electron chi connectivity index (χ3n) is 2.94. The summed E-state index contributed by atoms with van der Waals surface area (Å²) in [6, 6.07) is 0. The molecule has 0 spiro atoms. The predicted octanol–water partition coefficient (Wildman–Crippen LogP) is 0.181. The maximum absolute atomic E-state index is 11.9. The van der Waals surface area contributed by atoms with Crippen molar-refractivity contribution in [2.24, 2.45) is 17.4 Å². The SMILES string of the molecule is CC(C)C[C@@](N)(C(N)=O)C(=O)O[C@H]1CCOC1.O=C(O)C(F)(F)F. The summed E-state index contributed by atoms with van der Waals surface area (Å²) in [6.45, 7) is 4.62. The first-order valence-corrected chi connectivity index (χ1v) is 6.98. The fourth-order valence-corrected chi connectivity index (χ4v) is 1.79. The first-order valence-electron chi connectivity index (χ1n) is 6.98. The molecule has 0 aromatic carbocycles. The van der Waals surface area contributed by atoms with E-state index in [9.17, 15) is 22.8 Å². The molecule has 11 heteroatoms. The van der Waals surface area contributed by atoms with E-state index < -0.39 is 29.6 Å². The van der Waals surface area contributed by atoms with Crippen molar-refractivity contribution in [3.05, 3.63) is 0 Å². The van der Waals surface area contributed by atoms with Gasteiger partial charge in [0.1, 0.15) is 6.10 Å². The number of hydrogen-bond acceptors (Lipinski definition) is 6. The Bertz CT molecular complexity index is 463. The van der Waals surface area contributed by atoms with Gasteiger partial charge in [-0.3, -0.25) is 4.79 Å². The predicted molar refractivity (Wildman–Crippen MR) is 74.6 cm³/mol. The number of carbonyl (C=O) groups excluding carboxylic acids is 2. The normalized spacial score (nSPS) is 19.9. The Morgan fingerprint density at radius 2 is 1.83 bits per heavy atom. The summed E-state index contributed by atoms with van der Waals surface area (Å²) in [5.41, 5.74) is 9.23. The molecule has 0 aromatic rings. The van der Waals surface area contributed by atoms with Crippen LogP contribution in [-0.2, 0) is 23.9 Å². The summed E-state index contributed by atoms with van der Waals surface area (Å²) in [7, 11) is 0. The lowest BCUT2D eigenvalue weighted by atomic mass is 9.89. The number of amides is 1. The van der Waals surface area contributed by atoms with Gasteiger partial charge < -0.3 is 26.0 Å². The highest BCUT2D eigenvalue weighted by Gasteiger charge is 2.43. The molecular formula is C13H21F3N2O6. The molecule has 1 aliphatic heterocycles. The van der Waals surface area contributed by atoms with Gasteiger partial charge in [0.05, 0.1) is 13.2 Å². The Labute approximate surface area is 136 Å². The van der Waals surface area contributed by atoms with Gasteiger partial charge in [-0.2, -0.15) is 13.2 Å². The van der Waals surface area contributed by atoms with E-state index in [4.69, 9.17) is 30.8 Å². The van der Waals surface area contributed by atoms with Crippen LogP contribution in [-0.4, -0.2) is 54.0 Å². The van der Waals surface area contributed by atoms with Crippen LogP contribution in [0.1, 0.15) is 26.7 Å². The molecule has 1 amide bonds. The molecule has 1 saturated heterocycles. The minimum Gasteiger partial charge on any atom is -0.475 e. The van der Waals surface area contributed by atoms with Crippen LogP contribution >= 0.6 is 0 Å².